The number of nitro benzene ring substituents is 1. The summed E-state index contributed by atoms with van der Waals surface area (Å²) in [4.78, 5) is 14.4. The summed E-state index contributed by atoms with van der Waals surface area (Å²) in [6, 6.07) is 2.76. The van der Waals surface area contributed by atoms with Gasteiger partial charge in [-0.3, -0.25) is 15.4 Å². The fourth-order valence-corrected chi connectivity index (χ4v) is 1.67. The van der Waals surface area contributed by atoms with Gasteiger partial charge in [-0.05, 0) is 24.8 Å². The van der Waals surface area contributed by atoms with E-state index in [0.717, 1.165) is 0 Å². The maximum Gasteiger partial charge on any atom is 0.295 e. The number of nitrogens with one attached hydrogen (secondary N) is 1. The highest BCUT2D eigenvalue weighted by Gasteiger charge is 2.16. The van der Waals surface area contributed by atoms with Crippen molar-refractivity contribution in [3.8, 4) is 6.19 Å². The molecule has 0 amide bonds. The van der Waals surface area contributed by atoms with Crippen LogP contribution < -0.4 is 5.32 Å². The number of nitrogens with zero attached hydrogens (tertiary/aromatic N) is 3. The van der Waals surface area contributed by atoms with E-state index in [1.54, 1.807) is 19.4 Å². The lowest BCUT2D eigenvalue weighted by molar-refractivity contribution is -0.384. The summed E-state index contributed by atoms with van der Waals surface area (Å²) in [7, 11) is 0. The molecular weight excluding hydrogens is 276 g/mol. The molecule has 0 aromatic heterocycles. The van der Waals surface area contributed by atoms with Crippen LogP contribution in [0.4, 0.5) is 11.4 Å². The summed E-state index contributed by atoms with van der Waals surface area (Å²) in [6.45, 7) is 1.67. The van der Waals surface area contributed by atoms with Crippen molar-refractivity contribution in [2.45, 2.75) is 6.92 Å². The van der Waals surface area contributed by atoms with E-state index >= 15 is 0 Å². The fourth-order valence-electron chi connectivity index (χ4n) is 1.17. The van der Waals surface area contributed by atoms with Gasteiger partial charge in [0.1, 0.15) is 5.69 Å². The molecule has 0 aliphatic carbocycles. The van der Waals surface area contributed by atoms with E-state index in [1.807, 2.05) is 0 Å². The van der Waals surface area contributed by atoms with Crippen molar-refractivity contribution in [1.29, 1.82) is 5.26 Å². The van der Waals surface area contributed by atoms with E-state index in [1.165, 1.54) is 23.9 Å². The average Bonchev–Trinajstić information content (AvgIpc) is 2.32. The van der Waals surface area contributed by atoms with Gasteiger partial charge in [0, 0.05) is 11.1 Å². The van der Waals surface area contributed by atoms with Gasteiger partial charge in [0.15, 0.2) is 11.4 Å². The van der Waals surface area contributed by atoms with Gasteiger partial charge in [-0.15, -0.1) is 0 Å². The minimum Gasteiger partial charge on any atom is -0.271 e. The Morgan fingerprint density at radius 1 is 1.67 bits per heavy atom. The highest BCUT2D eigenvalue weighted by Crippen LogP contribution is 2.33. The second-order valence-electron chi connectivity index (χ2n) is 3.21. The zero-order valence-electron chi connectivity index (χ0n) is 9.60. The highest BCUT2D eigenvalue weighted by atomic mass is 35.5. The number of amidine groups is 1. The van der Waals surface area contributed by atoms with Crippen molar-refractivity contribution in [2.24, 2.45) is 4.99 Å². The molecule has 0 unspecified atom stereocenters. The van der Waals surface area contributed by atoms with Crippen molar-refractivity contribution in [3.63, 3.8) is 0 Å². The standard InChI is InChI=1S/C10H9ClN4O2S/c1-6-3-9(15(16)17)8(4-7(6)11)14-10(18-2)13-5-12/h3-4H,1-2H3,(H,13,14). The van der Waals surface area contributed by atoms with E-state index in [9.17, 15) is 10.1 Å². The van der Waals surface area contributed by atoms with Crippen molar-refractivity contribution in [3.05, 3.63) is 32.8 Å². The molecule has 1 aromatic rings. The molecule has 0 saturated heterocycles. The second-order valence-corrected chi connectivity index (χ2v) is 4.41. The third kappa shape index (κ3) is 3.35. The predicted octanol–water partition coefficient (Wildman–Crippen LogP) is 2.98. The van der Waals surface area contributed by atoms with Gasteiger partial charge in [0.2, 0.25) is 0 Å². The lowest BCUT2D eigenvalue weighted by Crippen LogP contribution is -2.12. The number of nitro groups is 1. The third-order valence-corrected chi connectivity index (χ3v) is 3.02. The first-order valence-corrected chi connectivity index (χ1v) is 6.32. The summed E-state index contributed by atoms with van der Waals surface area (Å²) in [5.74, 6) is 0. The van der Waals surface area contributed by atoms with Gasteiger partial charge in [0.05, 0.1) is 4.92 Å². The largest absolute Gasteiger partial charge is 0.295 e. The van der Waals surface area contributed by atoms with E-state index < -0.39 is 4.92 Å². The van der Waals surface area contributed by atoms with Gasteiger partial charge in [0.25, 0.3) is 5.69 Å². The van der Waals surface area contributed by atoms with E-state index in [0.29, 0.717) is 10.6 Å². The first kappa shape index (κ1) is 14.3. The Morgan fingerprint density at radius 3 is 2.83 bits per heavy atom. The zero-order valence-corrected chi connectivity index (χ0v) is 11.2. The molecule has 8 heteroatoms. The molecule has 0 bridgehead atoms. The zero-order chi connectivity index (χ0) is 13.7. The first-order chi connectivity index (χ1) is 8.49. The molecular formula is C10H9ClN4O2S. The number of halogens is 1. The van der Waals surface area contributed by atoms with Crippen LogP contribution in [-0.2, 0) is 0 Å². The number of aryl methyl sites for hydroxylation is 1. The van der Waals surface area contributed by atoms with Crippen molar-refractivity contribution in [1.82, 2.24) is 5.32 Å². The van der Waals surface area contributed by atoms with Crippen LogP contribution >= 0.6 is 23.4 Å². The minimum absolute atomic E-state index is 0.114. The van der Waals surface area contributed by atoms with Crippen LogP contribution in [0.5, 0.6) is 0 Å². The topological polar surface area (TPSA) is 91.3 Å². The number of aliphatic imine (C=N–C) groups is 1. The molecule has 1 rings (SSSR count). The second kappa shape index (κ2) is 6.23. The quantitative estimate of drug-likeness (QED) is 0.225. The monoisotopic (exact) mass is 284 g/mol. The van der Waals surface area contributed by atoms with Crippen LogP contribution in [0.1, 0.15) is 5.56 Å². The SMILES string of the molecule is CSC(=Nc1cc(Cl)c(C)cc1[N+](=O)[O-])NC#N. The lowest BCUT2D eigenvalue weighted by Gasteiger charge is -2.03. The number of nitriles is 1. The van der Waals surface area contributed by atoms with Gasteiger partial charge < -0.3 is 0 Å². The Labute approximate surface area is 113 Å². The van der Waals surface area contributed by atoms with Crippen molar-refractivity contribution >= 4 is 39.9 Å². The smallest absolute Gasteiger partial charge is 0.271 e. The van der Waals surface area contributed by atoms with Gasteiger partial charge >= 0.3 is 0 Å². The summed E-state index contributed by atoms with van der Waals surface area (Å²) in [6.07, 6.45) is 3.41. The third-order valence-electron chi connectivity index (χ3n) is 2.03. The number of rotatable bonds is 2. The molecule has 0 radical (unpaired) electrons. The van der Waals surface area contributed by atoms with Crippen molar-refractivity contribution in [2.75, 3.05) is 6.26 Å². The minimum atomic E-state index is -0.535. The summed E-state index contributed by atoms with van der Waals surface area (Å²) >= 11 is 7.08. The number of hydrogen-bond acceptors (Lipinski definition) is 5. The highest BCUT2D eigenvalue weighted by molar-refractivity contribution is 8.13. The predicted molar refractivity (Wildman–Crippen MR) is 72.2 cm³/mol. The van der Waals surface area contributed by atoms with Crippen LogP contribution in [0.2, 0.25) is 5.02 Å². The number of hydrogen-bond donors (Lipinski definition) is 1. The number of thioether (sulfide) groups is 1. The van der Waals surface area contributed by atoms with Crippen LogP contribution in [0.15, 0.2) is 17.1 Å². The number of benzene rings is 1. The Balaban J connectivity index is 3.35. The van der Waals surface area contributed by atoms with Gasteiger partial charge in [-0.2, -0.15) is 5.26 Å². The van der Waals surface area contributed by atoms with E-state index in [4.69, 9.17) is 16.9 Å². The van der Waals surface area contributed by atoms with E-state index in [2.05, 4.69) is 10.3 Å². The molecule has 0 spiro atoms. The maximum atomic E-state index is 10.9. The molecule has 18 heavy (non-hydrogen) atoms. The summed E-state index contributed by atoms with van der Waals surface area (Å²) in [5, 5.41) is 22.4. The van der Waals surface area contributed by atoms with Crippen LogP contribution in [-0.4, -0.2) is 16.3 Å². The lowest BCUT2D eigenvalue weighted by atomic mass is 10.2. The van der Waals surface area contributed by atoms with E-state index in [-0.39, 0.29) is 16.5 Å². The normalized spacial score (nSPS) is 10.9. The molecule has 94 valence electrons. The van der Waals surface area contributed by atoms with Crippen LogP contribution in [0.3, 0.4) is 0 Å². The van der Waals surface area contributed by atoms with Crippen LogP contribution in [0.25, 0.3) is 0 Å². The Morgan fingerprint density at radius 2 is 2.33 bits per heavy atom. The fraction of sp³-hybridized carbons (Fsp3) is 0.200. The van der Waals surface area contributed by atoms with Crippen LogP contribution in [0, 0.1) is 28.5 Å². The molecule has 1 N–H and O–H groups in total. The average molecular weight is 285 g/mol. The molecule has 0 fully saturated rings. The molecule has 1 aromatic carbocycles. The Hall–Kier alpha value is -1.78. The van der Waals surface area contributed by atoms with Gasteiger partial charge in [-0.1, -0.05) is 23.4 Å². The van der Waals surface area contributed by atoms with Crippen molar-refractivity contribution < 1.29 is 4.92 Å². The molecule has 0 aliphatic rings. The summed E-state index contributed by atoms with van der Waals surface area (Å²) < 4.78 is 0. The first-order valence-electron chi connectivity index (χ1n) is 4.72. The summed E-state index contributed by atoms with van der Waals surface area (Å²) in [5.41, 5.74) is 0.562. The molecule has 6 nitrogen and oxygen atoms in total. The molecule has 0 aliphatic heterocycles. The maximum absolute atomic E-state index is 10.9. The molecule has 0 saturated carbocycles. The molecule has 0 atom stereocenters. The van der Waals surface area contributed by atoms with Gasteiger partial charge in [-0.25, -0.2) is 4.99 Å². The Kier molecular flexibility index (Phi) is 4.95. The Bertz CT molecular complexity index is 554. The molecule has 0 heterocycles.